The molecule has 0 aliphatic heterocycles. The fourth-order valence-electron chi connectivity index (χ4n) is 2.96. The third-order valence-electron chi connectivity index (χ3n) is 4.41. The van der Waals surface area contributed by atoms with Crippen molar-refractivity contribution in [1.82, 2.24) is 9.55 Å². The normalized spacial score (nSPS) is 10.9. The summed E-state index contributed by atoms with van der Waals surface area (Å²) in [6.07, 6.45) is 2.46. The Morgan fingerprint density at radius 3 is 2.79 bits per heavy atom. The number of rotatable bonds is 7. The van der Waals surface area contributed by atoms with E-state index < -0.39 is 0 Å². The minimum absolute atomic E-state index is 0.0253. The zero-order valence-corrected chi connectivity index (χ0v) is 16.6. The highest BCUT2D eigenvalue weighted by atomic mass is 35.5. The smallest absolute Gasteiger partial charge is 0.262 e. The molecule has 2 aromatic carbocycles. The lowest BCUT2D eigenvalue weighted by atomic mass is 10.1. The van der Waals surface area contributed by atoms with Crippen LogP contribution < -0.4 is 10.9 Å². The van der Waals surface area contributed by atoms with Crippen LogP contribution in [-0.4, -0.2) is 20.6 Å². The van der Waals surface area contributed by atoms with E-state index in [9.17, 15) is 14.7 Å². The fraction of sp³-hybridized carbons (Fsp3) is 0.250. The second-order valence-electron chi connectivity index (χ2n) is 6.45. The Morgan fingerprint density at radius 1 is 1.18 bits per heavy atom. The largest absolute Gasteiger partial charge is 0.506 e. The Morgan fingerprint density at radius 2 is 1.96 bits per heavy atom. The summed E-state index contributed by atoms with van der Waals surface area (Å²) in [6, 6.07) is 11.8. The van der Waals surface area contributed by atoms with Gasteiger partial charge >= 0.3 is 0 Å². The molecule has 6 nitrogen and oxygen atoms in total. The molecule has 0 radical (unpaired) electrons. The van der Waals surface area contributed by atoms with Crippen LogP contribution in [0.25, 0.3) is 10.9 Å². The van der Waals surface area contributed by atoms with Crippen molar-refractivity contribution < 1.29 is 9.90 Å². The topological polar surface area (TPSA) is 87.1 Å². The van der Waals surface area contributed by atoms with Gasteiger partial charge in [-0.05, 0) is 55.4 Å². The van der Waals surface area contributed by atoms with Gasteiger partial charge in [0, 0.05) is 18.0 Å². The summed E-state index contributed by atoms with van der Waals surface area (Å²) in [6.45, 7) is 0.496. The molecule has 1 aromatic heterocycles. The van der Waals surface area contributed by atoms with E-state index in [1.165, 1.54) is 12.1 Å². The highest BCUT2D eigenvalue weighted by molar-refractivity contribution is 7.71. The van der Waals surface area contributed by atoms with Gasteiger partial charge in [-0.2, -0.15) is 0 Å². The average Bonchev–Trinajstić information content (AvgIpc) is 2.66. The van der Waals surface area contributed by atoms with Crippen LogP contribution in [0, 0.1) is 4.77 Å². The number of phenols is 1. The van der Waals surface area contributed by atoms with Crippen LogP contribution in [0.15, 0.2) is 47.3 Å². The zero-order valence-electron chi connectivity index (χ0n) is 15.1. The highest BCUT2D eigenvalue weighted by Gasteiger charge is 2.08. The van der Waals surface area contributed by atoms with Gasteiger partial charge in [0.25, 0.3) is 5.56 Å². The molecule has 0 aliphatic carbocycles. The predicted octanol–water partition coefficient (Wildman–Crippen LogP) is 4.62. The monoisotopic (exact) mass is 417 g/mol. The number of para-hydroxylation sites is 1. The number of hydrogen-bond acceptors (Lipinski definition) is 4. The summed E-state index contributed by atoms with van der Waals surface area (Å²) in [4.78, 5) is 27.7. The van der Waals surface area contributed by atoms with E-state index >= 15 is 0 Å². The SMILES string of the molecule is O=C(CCCCCn1c(=S)[nH]c2ccccc2c1=O)Nc1cc(Cl)ccc1O. The van der Waals surface area contributed by atoms with Crippen LogP contribution in [0.5, 0.6) is 5.75 Å². The van der Waals surface area contributed by atoms with Gasteiger partial charge in [0.1, 0.15) is 5.75 Å². The third-order valence-corrected chi connectivity index (χ3v) is 4.97. The first-order chi connectivity index (χ1) is 13.5. The first-order valence-electron chi connectivity index (χ1n) is 8.96. The number of aromatic amines is 1. The van der Waals surface area contributed by atoms with E-state index in [1.807, 2.05) is 18.2 Å². The predicted molar refractivity (Wildman–Crippen MR) is 114 cm³/mol. The molecule has 3 aromatic rings. The maximum absolute atomic E-state index is 12.6. The number of nitrogens with zero attached hydrogens (tertiary/aromatic N) is 1. The molecule has 0 aliphatic rings. The van der Waals surface area contributed by atoms with Gasteiger partial charge < -0.3 is 15.4 Å². The third kappa shape index (κ3) is 4.79. The number of anilines is 1. The summed E-state index contributed by atoms with van der Waals surface area (Å²) < 4.78 is 1.96. The number of halogens is 1. The number of amides is 1. The van der Waals surface area contributed by atoms with Crippen LogP contribution in [0.3, 0.4) is 0 Å². The number of nitrogens with one attached hydrogen (secondary N) is 2. The Kier molecular flexibility index (Phi) is 6.49. The molecular formula is C20H20ClN3O3S. The highest BCUT2D eigenvalue weighted by Crippen LogP contribution is 2.26. The molecule has 0 saturated carbocycles. The van der Waals surface area contributed by atoms with E-state index in [4.69, 9.17) is 23.8 Å². The lowest BCUT2D eigenvalue weighted by Crippen LogP contribution is -2.22. The maximum atomic E-state index is 12.6. The number of hydrogen-bond donors (Lipinski definition) is 3. The number of benzene rings is 2. The first-order valence-corrected chi connectivity index (χ1v) is 9.74. The molecule has 0 fully saturated rings. The average molecular weight is 418 g/mol. The fourth-order valence-corrected chi connectivity index (χ4v) is 3.41. The molecule has 0 saturated heterocycles. The van der Waals surface area contributed by atoms with Crippen molar-refractivity contribution in [3.63, 3.8) is 0 Å². The molecule has 1 heterocycles. The number of carbonyl (C=O) groups is 1. The zero-order chi connectivity index (χ0) is 20.1. The summed E-state index contributed by atoms with van der Waals surface area (Å²) >= 11 is 11.2. The van der Waals surface area contributed by atoms with E-state index in [2.05, 4.69) is 10.3 Å². The molecule has 146 valence electrons. The van der Waals surface area contributed by atoms with E-state index in [0.29, 0.717) is 40.3 Å². The van der Waals surface area contributed by atoms with Crippen LogP contribution in [-0.2, 0) is 11.3 Å². The van der Waals surface area contributed by atoms with Crippen LogP contribution >= 0.6 is 23.8 Å². The first kappa shape index (κ1) is 20.1. The van der Waals surface area contributed by atoms with Crippen molar-refractivity contribution in [1.29, 1.82) is 0 Å². The van der Waals surface area contributed by atoms with Crippen LogP contribution in [0.2, 0.25) is 5.02 Å². The Balaban J connectivity index is 1.51. The van der Waals surface area contributed by atoms with Gasteiger partial charge in [-0.25, -0.2) is 0 Å². The summed E-state index contributed by atoms with van der Waals surface area (Å²) in [7, 11) is 0. The number of unbranched alkanes of at least 4 members (excludes halogenated alkanes) is 2. The molecular weight excluding hydrogens is 398 g/mol. The number of H-pyrrole nitrogens is 1. The second kappa shape index (κ2) is 9.03. The van der Waals surface area contributed by atoms with Crippen LogP contribution in [0.4, 0.5) is 5.69 Å². The minimum atomic E-state index is -0.197. The van der Waals surface area contributed by atoms with E-state index in [0.717, 1.165) is 18.4 Å². The molecule has 3 rings (SSSR count). The number of aromatic nitrogens is 2. The quantitative estimate of drug-likeness (QED) is 0.297. The number of aromatic hydroxyl groups is 1. The maximum Gasteiger partial charge on any atom is 0.262 e. The standard InChI is InChI=1S/C20H20ClN3O3S/c21-13-9-10-17(25)16(12-13)22-18(26)8-2-1-5-11-24-19(27)14-6-3-4-7-15(14)23-20(24)28/h3-4,6-7,9-10,12,25H,1-2,5,8,11H2,(H,22,26)(H,23,28). The molecule has 0 bridgehead atoms. The Hall–Kier alpha value is -2.64. The van der Waals surface area contributed by atoms with Crippen molar-refractivity contribution >= 4 is 46.3 Å². The van der Waals surface area contributed by atoms with Crippen molar-refractivity contribution in [2.24, 2.45) is 0 Å². The minimum Gasteiger partial charge on any atom is -0.506 e. The van der Waals surface area contributed by atoms with E-state index in [-0.39, 0.29) is 17.2 Å². The number of fused-ring (bicyclic) bond motifs is 1. The van der Waals surface area contributed by atoms with Gasteiger partial charge in [-0.3, -0.25) is 14.2 Å². The molecule has 0 spiro atoms. The Bertz CT molecular complexity index is 1120. The van der Waals surface area contributed by atoms with Gasteiger partial charge in [0.2, 0.25) is 5.91 Å². The second-order valence-corrected chi connectivity index (χ2v) is 7.28. The van der Waals surface area contributed by atoms with Gasteiger partial charge in [0.05, 0.1) is 16.6 Å². The molecule has 0 atom stereocenters. The molecule has 3 N–H and O–H groups in total. The summed E-state index contributed by atoms with van der Waals surface area (Å²) in [5, 5.41) is 13.4. The number of phenolic OH excluding ortho intramolecular Hbond substituents is 1. The summed E-state index contributed by atoms with van der Waals surface area (Å²) in [5.74, 6) is -0.222. The molecule has 0 unspecified atom stereocenters. The van der Waals surface area contributed by atoms with Crippen molar-refractivity contribution in [2.75, 3.05) is 5.32 Å². The van der Waals surface area contributed by atoms with Gasteiger partial charge in [-0.15, -0.1) is 0 Å². The molecule has 8 heteroatoms. The van der Waals surface area contributed by atoms with Crippen molar-refractivity contribution in [3.05, 3.63) is 62.6 Å². The van der Waals surface area contributed by atoms with Gasteiger partial charge in [-0.1, -0.05) is 30.2 Å². The Labute approximate surface area is 171 Å². The number of carbonyl (C=O) groups excluding carboxylic acids is 1. The van der Waals surface area contributed by atoms with Crippen molar-refractivity contribution in [3.8, 4) is 5.75 Å². The molecule has 28 heavy (non-hydrogen) atoms. The lowest BCUT2D eigenvalue weighted by molar-refractivity contribution is -0.116. The van der Waals surface area contributed by atoms with Crippen LogP contribution in [0.1, 0.15) is 25.7 Å². The molecule has 1 amide bonds. The van der Waals surface area contributed by atoms with E-state index in [1.54, 1.807) is 16.7 Å². The van der Waals surface area contributed by atoms with Gasteiger partial charge in [0.15, 0.2) is 4.77 Å². The van der Waals surface area contributed by atoms with Crippen molar-refractivity contribution in [2.45, 2.75) is 32.2 Å². The summed E-state index contributed by atoms with van der Waals surface area (Å²) in [5.41, 5.74) is 0.926. The lowest BCUT2D eigenvalue weighted by Gasteiger charge is -2.09.